The van der Waals surface area contributed by atoms with Crippen molar-refractivity contribution in [2.45, 2.75) is 0 Å². The molecule has 0 heterocycles. The second-order valence-electron chi connectivity index (χ2n) is 0.632. The van der Waals surface area contributed by atoms with Crippen LogP contribution in [0.1, 0.15) is 0 Å². The van der Waals surface area contributed by atoms with E-state index in [1.54, 1.807) is 0 Å². The van der Waals surface area contributed by atoms with E-state index < -0.39 is 13.6 Å². The molecule has 0 aromatic rings. The van der Waals surface area contributed by atoms with Crippen LogP contribution in [0.25, 0.3) is 0 Å². The average molecular weight is 238 g/mol. The van der Waals surface area contributed by atoms with E-state index in [4.69, 9.17) is 0 Å². The average Bonchev–Trinajstić information content (AvgIpc) is 0.722. The van der Waals surface area contributed by atoms with E-state index in [0.717, 1.165) is 0 Å². The molecule has 0 aromatic carbocycles. The number of hydrogen-bond donors (Lipinski definition) is 0. The predicted octanol–water partition coefficient (Wildman–Crippen LogP) is 1.30. The fourth-order valence-electron chi connectivity index (χ4n) is 0. The third kappa shape index (κ3) is 21.6. The van der Waals surface area contributed by atoms with Crippen molar-refractivity contribution < 1.29 is 13.6 Å². The molecule has 0 amide bonds. The molecule has 0 bridgehead atoms. The maximum atomic E-state index is 2.75. The Labute approximate surface area is 43.4 Å². The van der Waals surface area contributed by atoms with E-state index in [1.807, 2.05) is 0 Å². The Balaban J connectivity index is 3.02. The Morgan fingerprint density at radius 2 is 0.800 bits per heavy atom. The van der Waals surface area contributed by atoms with E-state index in [0.29, 0.717) is 0 Å². The van der Waals surface area contributed by atoms with Gasteiger partial charge in [-0.3, -0.25) is 0 Å². The van der Waals surface area contributed by atoms with Gasteiger partial charge in [0.15, 0.2) is 0 Å². The van der Waals surface area contributed by atoms with Crippen molar-refractivity contribution in [2.75, 3.05) is 0 Å². The molecule has 0 N–H and O–H groups in total. The molecule has 0 rings (SSSR count). The Morgan fingerprint density at radius 3 is 0.800 bits per heavy atom. The molecule has 38 valence electrons. The van der Waals surface area contributed by atoms with Crippen LogP contribution >= 0.6 is 29.7 Å². The Bertz CT molecular complexity index is 19.1. The number of hydrogen-bond acceptors (Lipinski definition) is 0. The van der Waals surface area contributed by atoms with Gasteiger partial charge in [0, 0.05) is 0 Å². The van der Waals surface area contributed by atoms with E-state index in [-0.39, 0.29) is 0 Å². The van der Waals surface area contributed by atoms with Crippen molar-refractivity contribution in [3.63, 3.8) is 0 Å². The summed E-state index contributed by atoms with van der Waals surface area (Å²) >= 11 is -1.03. The quantitative estimate of drug-likeness (QED) is 0.441. The SMILES string of the molecule is [PH2][Pd]([PH2])([PH2])[PH2]. The standard InChI is InChI=1S/4H2P.Pd/h4*1H2;/q4*-1;+4. The van der Waals surface area contributed by atoms with Crippen LogP contribution in [0.5, 0.6) is 0 Å². The molecule has 4 unspecified atom stereocenters. The molecule has 0 saturated carbocycles. The summed E-state index contributed by atoms with van der Waals surface area (Å²) in [5, 5.41) is 0. The minimum absolute atomic E-state index is 1.03. The molecule has 0 radical (unpaired) electrons. The summed E-state index contributed by atoms with van der Waals surface area (Å²) in [4.78, 5) is 0. The first kappa shape index (κ1) is 7.38. The zero-order valence-corrected chi connectivity index (χ0v) is 8.80. The molecule has 0 aromatic heterocycles. The van der Waals surface area contributed by atoms with Crippen molar-refractivity contribution in [3.8, 4) is 0 Å². The van der Waals surface area contributed by atoms with Crippen LogP contribution in [0.4, 0.5) is 0 Å². The van der Waals surface area contributed by atoms with Crippen LogP contribution in [-0.4, -0.2) is 0 Å². The predicted molar refractivity (Wildman–Crippen MR) is 38.8 cm³/mol. The Morgan fingerprint density at radius 1 is 0.800 bits per heavy atom. The summed E-state index contributed by atoms with van der Waals surface area (Å²) in [6.45, 7) is 0. The van der Waals surface area contributed by atoms with Crippen LogP contribution < -0.4 is 0 Å². The van der Waals surface area contributed by atoms with Gasteiger partial charge in [-0.05, 0) is 0 Å². The normalized spacial score (nSPS) is 15.2. The molecule has 0 nitrogen and oxygen atoms in total. The summed E-state index contributed by atoms with van der Waals surface area (Å²) in [6.07, 6.45) is 0. The molecule has 5 heteroatoms. The van der Waals surface area contributed by atoms with Crippen LogP contribution in [0.3, 0.4) is 0 Å². The Kier molecular flexibility index (Phi) is 3.89. The zero-order valence-electron chi connectivity index (χ0n) is 2.63. The van der Waals surface area contributed by atoms with Gasteiger partial charge in [0.1, 0.15) is 0 Å². The van der Waals surface area contributed by atoms with Crippen LogP contribution in [0.2, 0.25) is 0 Å². The third-order valence-corrected chi connectivity index (χ3v) is 0. The molecule has 4 atom stereocenters. The maximum absolute atomic E-state index is 2.75. The van der Waals surface area contributed by atoms with E-state index in [1.165, 1.54) is 0 Å². The zero-order chi connectivity index (χ0) is 4.50. The molecular weight excluding hydrogens is 230 g/mol. The molecule has 0 spiro atoms. The monoisotopic (exact) mass is 238 g/mol. The summed E-state index contributed by atoms with van der Waals surface area (Å²) in [5.41, 5.74) is 0. The van der Waals surface area contributed by atoms with Crippen LogP contribution in [0, 0.1) is 0 Å². The first-order chi connectivity index (χ1) is 2.00. The van der Waals surface area contributed by atoms with Crippen LogP contribution in [0.15, 0.2) is 0 Å². The van der Waals surface area contributed by atoms with Crippen molar-refractivity contribution in [1.82, 2.24) is 0 Å². The summed E-state index contributed by atoms with van der Waals surface area (Å²) in [6, 6.07) is 0. The van der Waals surface area contributed by atoms with Gasteiger partial charge < -0.3 is 0 Å². The Hall–Kier alpha value is 2.38. The first-order valence-electron chi connectivity index (χ1n) is 0.730. The van der Waals surface area contributed by atoms with Gasteiger partial charge >= 0.3 is 43.3 Å². The van der Waals surface area contributed by atoms with Gasteiger partial charge in [-0.1, -0.05) is 0 Å². The summed E-state index contributed by atoms with van der Waals surface area (Å²) in [7, 11) is 11.0. The van der Waals surface area contributed by atoms with Gasteiger partial charge in [-0.15, -0.1) is 0 Å². The first-order valence-corrected chi connectivity index (χ1v) is 13.0. The van der Waals surface area contributed by atoms with Crippen molar-refractivity contribution in [1.29, 1.82) is 0 Å². The van der Waals surface area contributed by atoms with Gasteiger partial charge in [0.05, 0.1) is 0 Å². The second kappa shape index (κ2) is 2.63. The molecule has 0 fully saturated rings. The summed E-state index contributed by atoms with van der Waals surface area (Å²) in [5.74, 6) is 0. The third-order valence-electron chi connectivity index (χ3n) is 0. The van der Waals surface area contributed by atoms with Crippen molar-refractivity contribution >= 4 is 29.7 Å². The van der Waals surface area contributed by atoms with Gasteiger partial charge in [0.25, 0.3) is 0 Å². The fourth-order valence-corrected chi connectivity index (χ4v) is 0. The van der Waals surface area contributed by atoms with E-state index >= 15 is 0 Å². The fraction of sp³-hybridized carbons (Fsp3) is 0. The molecule has 0 aliphatic heterocycles. The minimum atomic E-state index is -1.03. The topological polar surface area (TPSA) is 0 Å². The van der Waals surface area contributed by atoms with Gasteiger partial charge in [0.2, 0.25) is 0 Å². The summed E-state index contributed by atoms with van der Waals surface area (Å²) < 4.78 is 0. The van der Waals surface area contributed by atoms with Gasteiger partial charge in [-0.25, -0.2) is 0 Å². The van der Waals surface area contributed by atoms with E-state index in [2.05, 4.69) is 29.7 Å². The van der Waals surface area contributed by atoms with Gasteiger partial charge in [-0.2, -0.15) is 0 Å². The molecule has 0 aliphatic carbocycles. The van der Waals surface area contributed by atoms with Crippen LogP contribution in [-0.2, 0) is 13.6 Å². The van der Waals surface area contributed by atoms with Crippen molar-refractivity contribution in [2.24, 2.45) is 0 Å². The molecular formula is H8P4Pd. The van der Waals surface area contributed by atoms with Crippen molar-refractivity contribution in [3.05, 3.63) is 0 Å². The molecule has 5 heavy (non-hydrogen) atoms. The number of rotatable bonds is 0. The molecule has 0 saturated heterocycles. The second-order valence-corrected chi connectivity index (χ2v) is 33.7. The van der Waals surface area contributed by atoms with E-state index in [9.17, 15) is 0 Å². The molecule has 0 aliphatic rings.